The van der Waals surface area contributed by atoms with Crippen molar-refractivity contribution in [1.82, 2.24) is 5.06 Å². The van der Waals surface area contributed by atoms with Gasteiger partial charge in [0.25, 0.3) is 0 Å². The average molecular weight is 329 g/mol. The van der Waals surface area contributed by atoms with Crippen LogP contribution in [0.1, 0.15) is 86.0 Å². The summed E-state index contributed by atoms with van der Waals surface area (Å²) in [6.45, 7) is 9.50. The Morgan fingerprint density at radius 3 is 2.30 bits per heavy atom. The minimum absolute atomic E-state index is 0.286. The molecule has 0 spiro atoms. The quantitative estimate of drug-likeness (QED) is 0.525. The van der Waals surface area contributed by atoms with E-state index in [2.05, 4.69) is 6.92 Å². The molecule has 2 unspecified atom stereocenters. The van der Waals surface area contributed by atoms with E-state index in [4.69, 9.17) is 4.74 Å². The highest BCUT2D eigenvalue weighted by atomic mass is 16.6. The first-order chi connectivity index (χ1) is 10.6. The number of aliphatic hydroxyl groups excluding tert-OH is 1. The molecular formula is C18H35NO4. The molecule has 1 rings (SSSR count). The number of aliphatic hydroxyl groups is 1. The normalized spacial score (nSPS) is 26.9. The number of hydrogen-bond acceptors (Lipinski definition) is 5. The standard InChI is InChI=1S/C18H35NO4/c1-6-7-8-9-10-11-12-15(21)23-16-14(20)13-17(2,3)19(22)18(16,4)5/h14,16,20,22H,6-13H2,1-5H3. The van der Waals surface area contributed by atoms with Crippen LogP contribution in [0.25, 0.3) is 0 Å². The monoisotopic (exact) mass is 329 g/mol. The van der Waals surface area contributed by atoms with E-state index in [1.165, 1.54) is 24.3 Å². The highest BCUT2D eigenvalue weighted by molar-refractivity contribution is 5.69. The Morgan fingerprint density at radius 2 is 1.70 bits per heavy atom. The molecule has 5 nitrogen and oxygen atoms in total. The van der Waals surface area contributed by atoms with Gasteiger partial charge in [-0.25, -0.2) is 0 Å². The smallest absolute Gasteiger partial charge is 0.306 e. The van der Waals surface area contributed by atoms with Gasteiger partial charge in [0.15, 0.2) is 0 Å². The summed E-state index contributed by atoms with van der Waals surface area (Å²) in [5.74, 6) is -0.286. The largest absolute Gasteiger partial charge is 0.458 e. The third kappa shape index (κ3) is 5.44. The molecule has 1 fully saturated rings. The van der Waals surface area contributed by atoms with Gasteiger partial charge in [-0.1, -0.05) is 39.0 Å². The van der Waals surface area contributed by atoms with Crippen LogP contribution in [0, 0.1) is 0 Å². The van der Waals surface area contributed by atoms with Gasteiger partial charge in [-0.05, 0) is 40.5 Å². The second-order valence-corrected chi connectivity index (χ2v) is 7.98. The van der Waals surface area contributed by atoms with E-state index in [1.54, 1.807) is 13.8 Å². The van der Waals surface area contributed by atoms with Crippen molar-refractivity contribution < 1.29 is 19.8 Å². The Bertz CT molecular complexity index is 381. The van der Waals surface area contributed by atoms with E-state index in [9.17, 15) is 15.1 Å². The van der Waals surface area contributed by atoms with Gasteiger partial charge in [0.05, 0.1) is 11.6 Å². The van der Waals surface area contributed by atoms with Gasteiger partial charge in [-0.2, -0.15) is 5.06 Å². The number of carbonyl (C=O) groups excluding carboxylic acids is 1. The lowest BCUT2D eigenvalue weighted by atomic mass is 9.78. The fourth-order valence-corrected chi connectivity index (χ4v) is 3.55. The molecular weight excluding hydrogens is 294 g/mol. The first-order valence-electron chi connectivity index (χ1n) is 8.99. The molecule has 0 aliphatic carbocycles. The second-order valence-electron chi connectivity index (χ2n) is 7.98. The van der Waals surface area contributed by atoms with Gasteiger partial charge in [-0.15, -0.1) is 0 Å². The van der Waals surface area contributed by atoms with Gasteiger partial charge in [0.1, 0.15) is 6.10 Å². The maximum absolute atomic E-state index is 12.1. The van der Waals surface area contributed by atoms with Crippen LogP contribution in [-0.2, 0) is 9.53 Å². The summed E-state index contributed by atoms with van der Waals surface area (Å²) in [5, 5.41) is 22.0. The Labute approximate surface area is 141 Å². The number of hydroxylamine groups is 2. The molecule has 1 aliphatic heterocycles. The molecule has 0 aromatic carbocycles. The lowest BCUT2D eigenvalue weighted by Crippen LogP contribution is -2.68. The fourth-order valence-electron chi connectivity index (χ4n) is 3.55. The predicted molar refractivity (Wildman–Crippen MR) is 90.3 cm³/mol. The zero-order chi connectivity index (χ0) is 17.7. The molecule has 1 heterocycles. The van der Waals surface area contributed by atoms with E-state index in [0.29, 0.717) is 12.8 Å². The summed E-state index contributed by atoms with van der Waals surface area (Å²) >= 11 is 0. The van der Waals surface area contributed by atoms with Gasteiger partial charge < -0.3 is 15.1 Å². The van der Waals surface area contributed by atoms with Crippen LogP contribution >= 0.6 is 0 Å². The summed E-state index contributed by atoms with van der Waals surface area (Å²) in [6, 6.07) is 0. The van der Waals surface area contributed by atoms with E-state index in [-0.39, 0.29) is 5.97 Å². The summed E-state index contributed by atoms with van der Waals surface area (Å²) in [7, 11) is 0. The number of hydrogen-bond donors (Lipinski definition) is 2. The summed E-state index contributed by atoms with van der Waals surface area (Å²) in [6.07, 6.45) is 5.93. The van der Waals surface area contributed by atoms with Crippen molar-refractivity contribution in [3.05, 3.63) is 0 Å². The minimum Gasteiger partial charge on any atom is -0.458 e. The van der Waals surface area contributed by atoms with E-state index in [1.807, 2.05) is 13.8 Å². The zero-order valence-electron chi connectivity index (χ0n) is 15.5. The van der Waals surface area contributed by atoms with E-state index >= 15 is 0 Å². The molecule has 23 heavy (non-hydrogen) atoms. The van der Waals surface area contributed by atoms with Crippen molar-refractivity contribution in [3.63, 3.8) is 0 Å². The Balaban J connectivity index is 2.47. The molecule has 1 saturated heterocycles. The van der Waals surface area contributed by atoms with Crippen LogP contribution in [0.5, 0.6) is 0 Å². The van der Waals surface area contributed by atoms with Gasteiger partial charge in [-0.3, -0.25) is 4.79 Å². The molecule has 136 valence electrons. The number of ether oxygens (including phenoxy) is 1. The average Bonchev–Trinajstić information content (AvgIpc) is 2.45. The molecule has 2 N–H and O–H groups in total. The topological polar surface area (TPSA) is 70.0 Å². The maximum Gasteiger partial charge on any atom is 0.306 e. The zero-order valence-corrected chi connectivity index (χ0v) is 15.5. The maximum atomic E-state index is 12.1. The molecule has 5 heteroatoms. The number of nitrogens with zero attached hydrogens (tertiary/aromatic N) is 1. The van der Waals surface area contributed by atoms with Crippen molar-refractivity contribution >= 4 is 5.97 Å². The first kappa shape index (κ1) is 20.4. The van der Waals surface area contributed by atoms with Crippen molar-refractivity contribution in [2.45, 2.75) is 109 Å². The Kier molecular flexibility index (Phi) is 7.49. The van der Waals surface area contributed by atoms with Crippen molar-refractivity contribution in [3.8, 4) is 0 Å². The first-order valence-corrected chi connectivity index (χ1v) is 8.99. The molecule has 0 bridgehead atoms. The Morgan fingerprint density at radius 1 is 1.13 bits per heavy atom. The SMILES string of the molecule is CCCCCCCCC(=O)OC1C(O)CC(C)(C)N(O)C1(C)C. The van der Waals surface area contributed by atoms with Crippen molar-refractivity contribution in [1.29, 1.82) is 0 Å². The van der Waals surface area contributed by atoms with E-state index in [0.717, 1.165) is 19.3 Å². The second kappa shape index (κ2) is 8.45. The molecule has 0 aromatic heterocycles. The van der Waals surface area contributed by atoms with Gasteiger partial charge >= 0.3 is 5.97 Å². The van der Waals surface area contributed by atoms with E-state index < -0.39 is 23.3 Å². The summed E-state index contributed by atoms with van der Waals surface area (Å²) in [4.78, 5) is 12.1. The number of carbonyl (C=O) groups is 1. The summed E-state index contributed by atoms with van der Waals surface area (Å²) < 4.78 is 5.52. The number of unbranched alkanes of at least 4 members (excludes halogenated alkanes) is 5. The molecule has 0 aromatic rings. The predicted octanol–water partition coefficient (Wildman–Crippen LogP) is 3.66. The van der Waals surface area contributed by atoms with Crippen LogP contribution < -0.4 is 0 Å². The molecule has 0 radical (unpaired) electrons. The molecule has 0 saturated carbocycles. The highest BCUT2D eigenvalue weighted by Crippen LogP contribution is 2.38. The van der Waals surface area contributed by atoms with Crippen LogP contribution in [-0.4, -0.2) is 44.6 Å². The van der Waals surface area contributed by atoms with Crippen molar-refractivity contribution in [2.75, 3.05) is 0 Å². The minimum atomic E-state index is -0.821. The highest BCUT2D eigenvalue weighted by Gasteiger charge is 2.53. The number of esters is 1. The molecule has 1 aliphatic rings. The number of rotatable bonds is 8. The third-order valence-electron chi connectivity index (χ3n) is 4.87. The summed E-state index contributed by atoms with van der Waals surface area (Å²) in [5.41, 5.74) is -1.37. The fraction of sp³-hybridized carbons (Fsp3) is 0.944. The van der Waals surface area contributed by atoms with Crippen LogP contribution in [0.15, 0.2) is 0 Å². The third-order valence-corrected chi connectivity index (χ3v) is 4.87. The Hall–Kier alpha value is -0.650. The van der Waals surface area contributed by atoms with Crippen LogP contribution in [0.2, 0.25) is 0 Å². The lowest BCUT2D eigenvalue weighted by Gasteiger charge is -2.53. The lowest BCUT2D eigenvalue weighted by molar-refractivity contribution is -0.293. The number of piperidine rings is 1. The molecule has 2 atom stereocenters. The van der Waals surface area contributed by atoms with Crippen molar-refractivity contribution in [2.24, 2.45) is 0 Å². The molecule has 0 amide bonds. The van der Waals surface area contributed by atoms with Gasteiger partial charge in [0, 0.05) is 12.0 Å². The van der Waals surface area contributed by atoms with Gasteiger partial charge in [0.2, 0.25) is 0 Å². The van der Waals surface area contributed by atoms with Crippen LogP contribution in [0.3, 0.4) is 0 Å². The van der Waals surface area contributed by atoms with Crippen LogP contribution in [0.4, 0.5) is 0 Å².